The van der Waals surface area contributed by atoms with Gasteiger partial charge in [-0.3, -0.25) is 10.1 Å². The lowest BCUT2D eigenvalue weighted by Gasteiger charge is -2.11. The van der Waals surface area contributed by atoms with E-state index in [1.165, 1.54) is 0 Å². The lowest BCUT2D eigenvalue weighted by Crippen LogP contribution is -2.38. The number of imide groups is 1. The zero-order valence-electron chi connectivity index (χ0n) is 11.4. The molecule has 0 radical (unpaired) electrons. The number of benzene rings is 1. The van der Waals surface area contributed by atoms with Gasteiger partial charge in [-0.15, -0.1) is 0 Å². The molecule has 0 aliphatic heterocycles. The molecule has 0 aromatic heterocycles. The Balaban J connectivity index is 2.55. The summed E-state index contributed by atoms with van der Waals surface area (Å²) < 4.78 is 6.04. The fourth-order valence-electron chi connectivity index (χ4n) is 1.41. The first-order chi connectivity index (χ1) is 9.38. The van der Waals surface area contributed by atoms with E-state index in [0.29, 0.717) is 11.8 Å². The Kier molecular flexibility index (Phi) is 6.47. The maximum absolute atomic E-state index is 11.2. The van der Waals surface area contributed by atoms with Crippen molar-refractivity contribution in [2.45, 2.75) is 26.4 Å². The molecule has 0 heterocycles. The summed E-state index contributed by atoms with van der Waals surface area (Å²) in [5.41, 5.74) is 5.92. The smallest absolute Gasteiger partial charge is 0.318 e. The number of primary amides is 1. The molecule has 0 fully saturated rings. The molecule has 1 rings (SSSR count). The first-order valence-electron chi connectivity index (χ1n) is 6.12. The van der Waals surface area contributed by atoms with Gasteiger partial charge in [0.2, 0.25) is 0 Å². The molecule has 1 aromatic carbocycles. The summed E-state index contributed by atoms with van der Waals surface area (Å²) in [5.74, 6) is -0.0622. The number of halogens is 1. The maximum atomic E-state index is 11.2. The highest BCUT2D eigenvalue weighted by atomic mass is 79.9. The van der Waals surface area contributed by atoms with Gasteiger partial charge in [0.05, 0.1) is 4.47 Å². The second kappa shape index (κ2) is 7.86. The van der Waals surface area contributed by atoms with Crippen LogP contribution in [0.15, 0.2) is 22.7 Å². The molecule has 0 atom stereocenters. The van der Waals surface area contributed by atoms with Crippen LogP contribution in [0.1, 0.15) is 19.4 Å². The van der Waals surface area contributed by atoms with Crippen LogP contribution in [0.25, 0.3) is 0 Å². The average Bonchev–Trinajstić information content (AvgIpc) is 2.34. The first kappa shape index (κ1) is 16.5. The third-order valence-electron chi connectivity index (χ3n) is 2.33. The number of hydrogen-bond donors (Lipinski definition) is 3. The summed E-state index contributed by atoms with van der Waals surface area (Å²) in [4.78, 5) is 21.7. The molecule has 0 bridgehead atoms. The zero-order chi connectivity index (χ0) is 15.1. The molecule has 20 heavy (non-hydrogen) atoms. The number of rotatable bonds is 6. The Hall–Kier alpha value is -1.60. The summed E-state index contributed by atoms with van der Waals surface area (Å²) in [6.07, 6.45) is 0. The normalized spacial score (nSPS) is 10.4. The number of carbonyl (C=O) groups excluding carboxylic acids is 2. The zero-order valence-corrected chi connectivity index (χ0v) is 13.0. The lowest BCUT2D eigenvalue weighted by molar-refractivity contribution is -0.121. The van der Waals surface area contributed by atoms with Crippen LogP contribution < -0.4 is 21.1 Å². The van der Waals surface area contributed by atoms with E-state index in [0.717, 1.165) is 16.6 Å². The van der Waals surface area contributed by atoms with Crippen LogP contribution in [0.4, 0.5) is 4.79 Å². The molecule has 7 heteroatoms. The molecule has 0 aliphatic rings. The fraction of sp³-hybridized carbons (Fsp3) is 0.385. The molecule has 6 nitrogen and oxygen atoms in total. The number of carbonyl (C=O) groups is 2. The van der Waals surface area contributed by atoms with E-state index in [-0.39, 0.29) is 6.61 Å². The van der Waals surface area contributed by atoms with Crippen molar-refractivity contribution in [3.8, 4) is 5.75 Å². The van der Waals surface area contributed by atoms with Crippen LogP contribution in [0, 0.1) is 0 Å². The number of hydrogen-bond acceptors (Lipinski definition) is 4. The van der Waals surface area contributed by atoms with Crippen molar-refractivity contribution < 1.29 is 14.3 Å². The quantitative estimate of drug-likeness (QED) is 0.729. The minimum atomic E-state index is -0.896. The van der Waals surface area contributed by atoms with Gasteiger partial charge in [0.1, 0.15) is 5.75 Å². The second-order valence-electron chi connectivity index (χ2n) is 4.50. The van der Waals surface area contributed by atoms with Gasteiger partial charge in [-0.2, -0.15) is 0 Å². The van der Waals surface area contributed by atoms with Gasteiger partial charge in [0.15, 0.2) is 6.61 Å². The van der Waals surface area contributed by atoms with E-state index in [2.05, 4.69) is 35.1 Å². The fourth-order valence-corrected chi connectivity index (χ4v) is 1.95. The van der Waals surface area contributed by atoms with Gasteiger partial charge in [0.25, 0.3) is 5.91 Å². The van der Waals surface area contributed by atoms with Gasteiger partial charge < -0.3 is 15.8 Å². The average molecular weight is 344 g/mol. The van der Waals surface area contributed by atoms with Gasteiger partial charge in [-0.1, -0.05) is 19.9 Å². The van der Waals surface area contributed by atoms with Gasteiger partial charge in [-0.05, 0) is 33.6 Å². The van der Waals surface area contributed by atoms with Crippen LogP contribution in [0.5, 0.6) is 5.75 Å². The molecule has 0 spiro atoms. The third kappa shape index (κ3) is 6.03. The van der Waals surface area contributed by atoms with Crippen molar-refractivity contribution in [2.24, 2.45) is 5.73 Å². The van der Waals surface area contributed by atoms with E-state index in [1.54, 1.807) is 6.07 Å². The summed E-state index contributed by atoms with van der Waals surface area (Å²) in [5, 5.41) is 5.23. The van der Waals surface area contributed by atoms with Crippen LogP contribution in [0.3, 0.4) is 0 Å². The molecular weight excluding hydrogens is 326 g/mol. The highest BCUT2D eigenvalue weighted by Gasteiger charge is 2.08. The largest absolute Gasteiger partial charge is 0.483 e. The summed E-state index contributed by atoms with van der Waals surface area (Å²) in [7, 11) is 0. The van der Waals surface area contributed by atoms with Crippen LogP contribution in [-0.2, 0) is 11.3 Å². The second-order valence-corrected chi connectivity index (χ2v) is 5.36. The summed E-state index contributed by atoms with van der Waals surface area (Å²) in [6, 6.07) is 5.09. The number of nitrogens with one attached hydrogen (secondary N) is 2. The standard InChI is InChI=1S/C13H18BrN3O3/c1-8(2)16-6-9-3-4-11(10(14)5-9)20-7-12(18)17-13(15)19/h3-5,8,16H,6-7H2,1-2H3,(H3,15,17,18,19). The van der Waals surface area contributed by atoms with Gasteiger partial charge in [0, 0.05) is 12.6 Å². The van der Waals surface area contributed by atoms with Crippen molar-refractivity contribution in [2.75, 3.05) is 6.61 Å². The first-order valence-corrected chi connectivity index (χ1v) is 6.91. The number of urea groups is 1. The lowest BCUT2D eigenvalue weighted by atomic mass is 10.2. The number of ether oxygens (including phenoxy) is 1. The molecule has 3 amide bonds. The molecule has 1 aromatic rings. The Labute approximate surface area is 126 Å². The predicted octanol–water partition coefficient (Wildman–Crippen LogP) is 1.52. The molecule has 0 saturated carbocycles. The Morgan fingerprint density at radius 1 is 1.40 bits per heavy atom. The van der Waals surface area contributed by atoms with Gasteiger partial charge >= 0.3 is 6.03 Å². The van der Waals surface area contributed by atoms with E-state index < -0.39 is 11.9 Å². The van der Waals surface area contributed by atoms with Crippen LogP contribution >= 0.6 is 15.9 Å². The summed E-state index contributed by atoms with van der Waals surface area (Å²) >= 11 is 3.38. The van der Waals surface area contributed by atoms with E-state index >= 15 is 0 Å². The molecule has 0 unspecified atom stereocenters. The van der Waals surface area contributed by atoms with Crippen molar-refractivity contribution in [3.63, 3.8) is 0 Å². The van der Waals surface area contributed by atoms with E-state index in [4.69, 9.17) is 10.5 Å². The number of nitrogens with two attached hydrogens (primary N) is 1. The highest BCUT2D eigenvalue weighted by molar-refractivity contribution is 9.10. The van der Waals surface area contributed by atoms with Crippen molar-refractivity contribution in [1.82, 2.24) is 10.6 Å². The highest BCUT2D eigenvalue weighted by Crippen LogP contribution is 2.26. The van der Waals surface area contributed by atoms with Crippen molar-refractivity contribution in [3.05, 3.63) is 28.2 Å². The Bertz CT molecular complexity index is 492. The van der Waals surface area contributed by atoms with Crippen molar-refractivity contribution in [1.29, 1.82) is 0 Å². The number of amides is 3. The van der Waals surface area contributed by atoms with E-state index in [1.807, 2.05) is 17.4 Å². The van der Waals surface area contributed by atoms with Crippen LogP contribution in [-0.4, -0.2) is 24.6 Å². The van der Waals surface area contributed by atoms with Crippen LogP contribution in [0.2, 0.25) is 0 Å². The predicted molar refractivity (Wildman–Crippen MR) is 79.3 cm³/mol. The molecule has 4 N–H and O–H groups in total. The van der Waals surface area contributed by atoms with Crippen molar-refractivity contribution >= 4 is 27.9 Å². The SMILES string of the molecule is CC(C)NCc1ccc(OCC(=O)NC(N)=O)c(Br)c1. The third-order valence-corrected chi connectivity index (χ3v) is 2.95. The molecular formula is C13H18BrN3O3. The Morgan fingerprint density at radius 3 is 2.65 bits per heavy atom. The molecule has 110 valence electrons. The van der Waals surface area contributed by atoms with Gasteiger partial charge in [-0.25, -0.2) is 4.79 Å². The monoisotopic (exact) mass is 343 g/mol. The molecule has 0 aliphatic carbocycles. The topological polar surface area (TPSA) is 93.4 Å². The van der Waals surface area contributed by atoms with E-state index in [9.17, 15) is 9.59 Å². The summed E-state index contributed by atoms with van der Waals surface area (Å²) in [6.45, 7) is 4.62. The maximum Gasteiger partial charge on any atom is 0.318 e. The minimum Gasteiger partial charge on any atom is -0.483 e. The minimum absolute atomic E-state index is 0.273. The molecule has 0 saturated heterocycles. The Morgan fingerprint density at radius 2 is 2.10 bits per heavy atom.